The summed E-state index contributed by atoms with van der Waals surface area (Å²) in [4.78, 5) is 3.76. The van der Waals surface area contributed by atoms with Crippen LogP contribution in [0.25, 0.3) is 55.1 Å². The Morgan fingerprint density at radius 2 is 1.30 bits per heavy atom. The molecule has 1 N–H and O–H groups in total. The summed E-state index contributed by atoms with van der Waals surface area (Å²) in [5.74, 6) is 0. The van der Waals surface area contributed by atoms with Gasteiger partial charge in [-0.15, -0.1) is 0 Å². The van der Waals surface area contributed by atoms with Crippen LogP contribution in [0, 0.1) is 0 Å². The van der Waals surface area contributed by atoms with E-state index in [2.05, 4.69) is 125 Å². The molecule has 37 heavy (non-hydrogen) atoms. The van der Waals surface area contributed by atoms with Crippen molar-refractivity contribution in [1.29, 1.82) is 0 Å². The summed E-state index contributed by atoms with van der Waals surface area (Å²) >= 11 is 0. The van der Waals surface area contributed by atoms with Gasteiger partial charge in [-0.1, -0.05) is 90.1 Å². The number of fused-ring (bicyclic) bond motifs is 3. The standard InChI is InChI=1S/C34H35N3/c1-33(2,3)23-14-15-25-22(19-23)18-21-12-13-24(34(4,5)6)20-27(21)31(25)28-16-17-29(35-28)32-26-10-8-9-11-30(26)37(7)36-32/h8-20,35H,1-7H3. The summed E-state index contributed by atoms with van der Waals surface area (Å²) in [7, 11) is 2.01. The van der Waals surface area contributed by atoms with Crippen molar-refractivity contribution in [2.45, 2.75) is 52.4 Å². The zero-order chi connectivity index (χ0) is 26.1. The fourth-order valence-corrected chi connectivity index (χ4v) is 5.44. The maximum atomic E-state index is 4.86. The normalized spacial score (nSPS) is 12.7. The Morgan fingerprint density at radius 1 is 0.622 bits per heavy atom. The number of aromatic amines is 1. The third kappa shape index (κ3) is 3.94. The van der Waals surface area contributed by atoms with Crippen LogP contribution < -0.4 is 0 Å². The minimum atomic E-state index is 0.0737. The van der Waals surface area contributed by atoms with Gasteiger partial charge in [0.1, 0.15) is 5.69 Å². The lowest BCUT2D eigenvalue weighted by Gasteiger charge is -2.22. The van der Waals surface area contributed by atoms with Gasteiger partial charge in [-0.2, -0.15) is 5.10 Å². The van der Waals surface area contributed by atoms with Gasteiger partial charge >= 0.3 is 0 Å². The monoisotopic (exact) mass is 485 g/mol. The average molecular weight is 486 g/mol. The quantitative estimate of drug-likeness (QED) is 0.244. The molecule has 0 radical (unpaired) electrons. The van der Waals surface area contributed by atoms with Gasteiger partial charge in [0.25, 0.3) is 0 Å². The molecule has 0 bridgehead atoms. The lowest BCUT2D eigenvalue weighted by Crippen LogP contribution is -2.11. The van der Waals surface area contributed by atoms with E-state index >= 15 is 0 Å². The highest BCUT2D eigenvalue weighted by Crippen LogP contribution is 2.40. The minimum absolute atomic E-state index is 0.0737. The van der Waals surface area contributed by atoms with Crippen LogP contribution in [0.3, 0.4) is 0 Å². The van der Waals surface area contributed by atoms with Crippen molar-refractivity contribution in [3.8, 4) is 22.6 Å². The predicted molar refractivity (Wildman–Crippen MR) is 158 cm³/mol. The van der Waals surface area contributed by atoms with Gasteiger partial charge in [-0.05, 0) is 73.8 Å². The van der Waals surface area contributed by atoms with E-state index in [4.69, 9.17) is 5.10 Å². The number of benzene rings is 4. The van der Waals surface area contributed by atoms with Crippen LogP contribution in [0.4, 0.5) is 0 Å². The molecule has 3 nitrogen and oxygen atoms in total. The first-order valence-corrected chi connectivity index (χ1v) is 13.1. The molecule has 0 saturated heterocycles. The Bertz CT molecular complexity index is 1800. The van der Waals surface area contributed by atoms with E-state index < -0.39 is 0 Å². The van der Waals surface area contributed by atoms with E-state index in [0.717, 1.165) is 28.0 Å². The largest absolute Gasteiger partial charge is 0.353 e. The molecule has 0 aliphatic carbocycles. The summed E-state index contributed by atoms with van der Waals surface area (Å²) in [6.07, 6.45) is 0. The Morgan fingerprint density at radius 3 is 2.05 bits per heavy atom. The summed E-state index contributed by atoms with van der Waals surface area (Å²) in [6, 6.07) is 29.1. The number of hydrogen-bond acceptors (Lipinski definition) is 1. The lowest BCUT2D eigenvalue weighted by molar-refractivity contribution is 0.590. The van der Waals surface area contributed by atoms with Crippen molar-refractivity contribution in [1.82, 2.24) is 14.8 Å². The van der Waals surface area contributed by atoms with Crippen LogP contribution in [0.15, 0.2) is 78.9 Å². The molecule has 3 heteroatoms. The van der Waals surface area contributed by atoms with Crippen LogP contribution in [0.5, 0.6) is 0 Å². The van der Waals surface area contributed by atoms with E-state index in [0.29, 0.717) is 0 Å². The number of nitrogens with one attached hydrogen (secondary N) is 1. The Balaban J connectivity index is 1.63. The molecule has 4 aromatic carbocycles. The van der Waals surface area contributed by atoms with E-state index in [1.807, 2.05) is 11.7 Å². The maximum absolute atomic E-state index is 4.86. The van der Waals surface area contributed by atoms with E-state index in [1.165, 1.54) is 38.2 Å². The van der Waals surface area contributed by atoms with Gasteiger partial charge in [-0.3, -0.25) is 4.68 Å². The molecular formula is C34H35N3. The van der Waals surface area contributed by atoms with Crippen LogP contribution in [-0.2, 0) is 17.9 Å². The molecule has 0 unspecified atom stereocenters. The number of aromatic nitrogens is 3. The molecule has 0 saturated carbocycles. The Kier molecular flexibility index (Phi) is 5.14. The van der Waals surface area contributed by atoms with Gasteiger partial charge in [0.15, 0.2) is 0 Å². The number of hydrogen-bond donors (Lipinski definition) is 1. The molecule has 0 aliphatic heterocycles. The molecule has 0 amide bonds. The van der Waals surface area contributed by atoms with E-state index in [9.17, 15) is 0 Å². The number of para-hydroxylation sites is 1. The SMILES string of the molecule is Cn1nc(-c2ccc(-c3c4ccc(C(C)(C)C)cc4cc4ccc(C(C)(C)C)cc34)[nH]2)c2ccccc21. The van der Waals surface area contributed by atoms with Crippen LogP contribution in [0.2, 0.25) is 0 Å². The Labute approximate surface area is 219 Å². The summed E-state index contributed by atoms with van der Waals surface area (Å²) in [5, 5.41) is 11.1. The van der Waals surface area contributed by atoms with Gasteiger partial charge in [0.2, 0.25) is 0 Å². The van der Waals surface area contributed by atoms with Crippen molar-refractivity contribution >= 4 is 32.4 Å². The third-order valence-electron chi connectivity index (χ3n) is 7.65. The zero-order valence-corrected chi connectivity index (χ0v) is 22.9. The van der Waals surface area contributed by atoms with Crippen molar-refractivity contribution in [2.24, 2.45) is 7.05 Å². The predicted octanol–water partition coefficient (Wildman–Crippen LogP) is 9.14. The average Bonchev–Trinajstić information content (AvgIpc) is 3.45. The number of H-pyrrole nitrogens is 1. The van der Waals surface area contributed by atoms with Gasteiger partial charge in [0.05, 0.1) is 11.2 Å². The molecular weight excluding hydrogens is 450 g/mol. The van der Waals surface area contributed by atoms with Crippen LogP contribution >= 0.6 is 0 Å². The fourth-order valence-electron chi connectivity index (χ4n) is 5.44. The van der Waals surface area contributed by atoms with E-state index in [-0.39, 0.29) is 10.8 Å². The fraction of sp³-hybridized carbons (Fsp3) is 0.265. The minimum Gasteiger partial charge on any atom is -0.353 e. The smallest absolute Gasteiger partial charge is 0.116 e. The van der Waals surface area contributed by atoms with Crippen molar-refractivity contribution in [3.63, 3.8) is 0 Å². The van der Waals surface area contributed by atoms with Crippen molar-refractivity contribution < 1.29 is 0 Å². The van der Waals surface area contributed by atoms with Crippen molar-refractivity contribution in [3.05, 3.63) is 90.0 Å². The lowest BCUT2D eigenvalue weighted by atomic mass is 9.82. The maximum Gasteiger partial charge on any atom is 0.116 e. The number of aryl methyl sites for hydroxylation is 1. The van der Waals surface area contributed by atoms with Crippen LogP contribution in [-0.4, -0.2) is 14.8 Å². The second-order valence-corrected chi connectivity index (χ2v) is 12.4. The summed E-state index contributed by atoms with van der Waals surface area (Å²) in [5.41, 5.74) is 8.39. The highest BCUT2D eigenvalue weighted by molar-refractivity contribution is 6.12. The second kappa shape index (κ2) is 8.08. The molecule has 6 aromatic rings. The number of nitrogens with zero attached hydrogens (tertiary/aromatic N) is 2. The van der Waals surface area contributed by atoms with E-state index in [1.54, 1.807) is 0 Å². The van der Waals surface area contributed by atoms with Gasteiger partial charge < -0.3 is 4.98 Å². The first-order chi connectivity index (χ1) is 17.5. The molecule has 0 spiro atoms. The summed E-state index contributed by atoms with van der Waals surface area (Å²) < 4.78 is 1.96. The van der Waals surface area contributed by atoms with Gasteiger partial charge in [0, 0.05) is 23.7 Å². The molecule has 0 atom stereocenters. The zero-order valence-electron chi connectivity index (χ0n) is 22.9. The number of rotatable bonds is 2. The topological polar surface area (TPSA) is 33.6 Å². The van der Waals surface area contributed by atoms with Crippen LogP contribution in [0.1, 0.15) is 52.7 Å². The second-order valence-electron chi connectivity index (χ2n) is 12.4. The summed E-state index contributed by atoms with van der Waals surface area (Å²) in [6.45, 7) is 13.7. The first kappa shape index (κ1) is 23.5. The van der Waals surface area contributed by atoms with Crippen molar-refractivity contribution in [2.75, 3.05) is 0 Å². The molecule has 2 aromatic heterocycles. The molecule has 0 fully saturated rings. The molecule has 6 rings (SSSR count). The molecule has 186 valence electrons. The van der Waals surface area contributed by atoms with Gasteiger partial charge in [-0.25, -0.2) is 0 Å². The highest BCUT2D eigenvalue weighted by Gasteiger charge is 2.20. The first-order valence-electron chi connectivity index (χ1n) is 13.1. The Hall–Kier alpha value is -3.85. The highest BCUT2D eigenvalue weighted by atomic mass is 15.3. The molecule has 0 aliphatic rings. The molecule has 2 heterocycles. The third-order valence-corrected chi connectivity index (χ3v) is 7.65.